The number of rotatable bonds is 9. The molecule has 230 valence electrons. The Kier molecular flexibility index (Phi) is 7.83. The second kappa shape index (κ2) is 11.6. The number of nitrogens with zero attached hydrogens (tertiary/aromatic N) is 5. The minimum absolute atomic E-state index is 0.0406. The van der Waals surface area contributed by atoms with Crippen LogP contribution in [0.25, 0.3) is 22.2 Å². The number of carbonyl (C=O) groups is 2. The monoisotopic (exact) mass is 602 g/mol. The number of carbonyl (C=O) groups excluding carboxylic acids is 2. The van der Waals surface area contributed by atoms with Gasteiger partial charge in [-0.25, -0.2) is 18.4 Å². The number of pyridine rings is 1. The van der Waals surface area contributed by atoms with Crippen LogP contribution in [0, 0.1) is 23.5 Å². The summed E-state index contributed by atoms with van der Waals surface area (Å²) in [5, 5.41) is 5.42. The van der Waals surface area contributed by atoms with E-state index in [0.717, 1.165) is 31.5 Å². The van der Waals surface area contributed by atoms with Crippen molar-refractivity contribution in [1.29, 1.82) is 0 Å². The van der Waals surface area contributed by atoms with Crippen LogP contribution in [0.3, 0.4) is 0 Å². The van der Waals surface area contributed by atoms with Crippen molar-refractivity contribution in [2.45, 2.75) is 52.2 Å². The lowest BCUT2D eigenvalue weighted by Gasteiger charge is -2.39. The van der Waals surface area contributed by atoms with Gasteiger partial charge in [0.05, 0.1) is 29.7 Å². The third-order valence-corrected chi connectivity index (χ3v) is 8.60. The third kappa shape index (κ3) is 5.52. The van der Waals surface area contributed by atoms with Crippen LogP contribution < -0.4 is 15.4 Å². The number of nitrogens with two attached hydrogens (primary N) is 1. The molecule has 11 heteroatoms. The van der Waals surface area contributed by atoms with E-state index in [1.807, 2.05) is 10.7 Å². The highest BCUT2D eigenvalue weighted by Gasteiger charge is 2.33. The highest BCUT2D eigenvalue weighted by molar-refractivity contribution is 6.09. The summed E-state index contributed by atoms with van der Waals surface area (Å²) >= 11 is 0. The second-order valence-electron chi connectivity index (χ2n) is 12.5. The number of benzene rings is 2. The summed E-state index contributed by atoms with van der Waals surface area (Å²) in [6.07, 6.45) is 4.46. The molecule has 2 aromatic heterocycles. The van der Waals surface area contributed by atoms with E-state index in [1.165, 1.54) is 11.0 Å². The molecule has 2 aromatic carbocycles. The number of anilines is 1. The average Bonchev–Trinajstić information content (AvgIpc) is 3.34. The summed E-state index contributed by atoms with van der Waals surface area (Å²) in [6.45, 7) is 4.68. The van der Waals surface area contributed by atoms with Gasteiger partial charge in [0.1, 0.15) is 5.75 Å². The standard InChI is InChI=1S/C33H36F2N6O3/c1-18(2)9-26-31(32(36)43)30(23-14-37-41(33(23)38-26)16-20-10-22(11-20)39(3)4)21-6-8-27-28(13-21)44-17-29(42)40(27)15-19-5-7-24(34)25(35)12-19/h5-8,12-14,18,20,22H,9-11,15-17H2,1-4H3,(H2,36,43). The number of primary amides is 1. The maximum Gasteiger partial charge on any atom is 0.265 e. The van der Waals surface area contributed by atoms with E-state index in [4.69, 9.17) is 20.6 Å². The van der Waals surface area contributed by atoms with E-state index in [1.54, 1.807) is 18.3 Å². The predicted octanol–water partition coefficient (Wildman–Crippen LogP) is 4.94. The summed E-state index contributed by atoms with van der Waals surface area (Å²) in [5.41, 5.74) is 9.89. The molecule has 2 aliphatic rings. The van der Waals surface area contributed by atoms with Crippen molar-refractivity contribution in [3.8, 4) is 16.9 Å². The number of aromatic nitrogens is 3. The van der Waals surface area contributed by atoms with Crippen LogP contribution in [-0.2, 0) is 24.3 Å². The number of fused-ring (bicyclic) bond motifs is 2. The molecule has 1 fully saturated rings. The Bertz CT molecular complexity index is 1760. The summed E-state index contributed by atoms with van der Waals surface area (Å²) in [4.78, 5) is 34.6. The van der Waals surface area contributed by atoms with E-state index < -0.39 is 17.5 Å². The Morgan fingerprint density at radius 2 is 1.91 bits per heavy atom. The van der Waals surface area contributed by atoms with Gasteiger partial charge in [-0.15, -0.1) is 0 Å². The topological polar surface area (TPSA) is 107 Å². The van der Waals surface area contributed by atoms with Gasteiger partial charge in [-0.1, -0.05) is 26.0 Å². The van der Waals surface area contributed by atoms with E-state index >= 15 is 0 Å². The first kappa shape index (κ1) is 29.7. The zero-order valence-corrected chi connectivity index (χ0v) is 25.3. The molecule has 0 atom stereocenters. The predicted molar refractivity (Wildman–Crippen MR) is 163 cm³/mol. The van der Waals surface area contributed by atoms with E-state index in [-0.39, 0.29) is 25.0 Å². The minimum Gasteiger partial charge on any atom is -0.482 e. The molecule has 4 aromatic rings. The Labute approximate surface area is 254 Å². The van der Waals surface area contributed by atoms with E-state index in [0.29, 0.717) is 68.8 Å². The molecule has 9 nitrogen and oxygen atoms in total. The molecular weight excluding hydrogens is 566 g/mol. The molecule has 0 bridgehead atoms. The Balaban J connectivity index is 1.43. The van der Waals surface area contributed by atoms with Crippen LogP contribution in [-0.4, -0.2) is 58.2 Å². The average molecular weight is 603 g/mol. The fourth-order valence-electron chi connectivity index (χ4n) is 6.24. The van der Waals surface area contributed by atoms with Crippen molar-refractivity contribution >= 4 is 28.5 Å². The molecule has 1 saturated carbocycles. The molecule has 1 aliphatic carbocycles. The molecule has 0 saturated heterocycles. The molecule has 0 radical (unpaired) electrons. The summed E-state index contributed by atoms with van der Waals surface area (Å²) < 4.78 is 35.2. The number of hydrogen-bond donors (Lipinski definition) is 1. The highest BCUT2D eigenvalue weighted by atomic mass is 19.2. The lowest BCUT2D eigenvalue weighted by molar-refractivity contribution is -0.121. The maximum absolute atomic E-state index is 13.9. The van der Waals surface area contributed by atoms with E-state index in [2.05, 4.69) is 32.8 Å². The van der Waals surface area contributed by atoms with Crippen molar-refractivity contribution in [2.75, 3.05) is 25.6 Å². The molecule has 3 heterocycles. The van der Waals surface area contributed by atoms with Crippen molar-refractivity contribution in [3.63, 3.8) is 0 Å². The van der Waals surface area contributed by atoms with Gasteiger partial charge in [-0.05, 0) is 80.6 Å². The number of hydrogen-bond acceptors (Lipinski definition) is 6. The fraction of sp³-hybridized carbons (Fsp3) is 0.394. The van der Waals surface area contributed by atoms with Crippen LogP contribution in [0.4, 0.5) is 14.5 Å². The maximum atomic E-state index is 13.9. The van der Waals surface area contributed by atoms with Crippen LogP contribution in [0.2, 0.25) is 0 Å². The second-order valence-corrected chi connectivity index (χ2v) is 12.5. The first-order chi connectivity index (χ1) is 21.0. The molecule has 2 amide bonds. The third-order valence-electron chi connectivity index (χ3n) is 8.60. The van der Waals surface area contributed by atoms with Crippen LogP contribution in [0.15, 0.2) is 42.6 Å². The van der Waals surface area contributed by atoms with Gasteiger partial charge in [0.2, 0.25) is 0 Å². The smallest absolute Gasteiger partial charge is 0.265 e. The van der Waals surface area contributed by atoms with Crippen molar-refractivity contribution in [3.05, 3.63) is 71.1 Å². The van der Waals surface area contributed by atoms with Crippen molar-refractivity contribution in [1.82, 2.24) is 19.7 Å². The molecular formula is C33H36F2N6O3. The largest absolute Gasteiger partial charge is 0.482 e. The van der Waals surface area contributed by atoms with Gasteiger partial charge in [-0.3, -0.25) is 9.59 Å². The summed E-state index contributed by atoms with van der Waals surface area (Å²) in [6, 6.07) is 9.46. The highest BCUT2D eigenvalue weighted by Crippen LogP contribution is 2.41. The molecule has 0 spiro atoms. The molecule has 1 aliphatic heterocycles. The van der Waals surface area contributed by atoms with Crippen LogP contribution >= 0.6 is 0 Å². The van der Waals surface area contributed by atoms with Gasteiger partial charge in [0, 0.05) is 23.5 Å². The molecule has 44 heavy (non-hydrogen) atoms. The Morgan fingerprint density at radius 3 is 2.59 bits per heavy atom. The first-order valence-corrected chi connectivity index (χ1v) is 14.9. The number of ether oxygens (including phenoxy) is 1. The number of halogens is 2. The van der Waals surface area contributed by atoms with Crippen molar-refractivity contribution < 1.29 is 23.1 Å². The molecule has 0 unspecified atom stereocenters. The zero-order valence-electron chi connectivity index (χ0n) is 25.3. The number of amides is 2. The SMILES string of the molecule is CC(C)Cc1nc2c(cnn2CC2CC(N(C)C)C2)c(-c2ccc3c(c2)OCC(=O)N3Cc2ccc(F)c(F)c2)c1C(N)=O. The lowest BCUT2D eigenvalue weighted by atomic mass is 9.79. The normalized spacial score (nSPS) is 18.1. The lowest BCUT2D eigenvalue weighted by Crippen LogP contribution is -2.41. The van der Waals surface area contributed by atoms with Crippen LogP contribution in [0.1, 0.15) is 48.3 Å². The quantitative estimate of drug-likeness (QED) is 0.291. The van der Waals surface area contributed by atoms with Gasteiger partial charge < -0.3 is 20.3 Å². The van der Waals surface area contributed by atoms with Crippen LogP contribution in [0.5, 0.6) is 5.75 Å². The van der Waals surface area contributed by atoms with Gasteiger partial charge in [-0.2, -0.15) is 5.10 Å². The van der Waals surface area contributed by atoms with Gasteiger partial charge in [0.15, 0.2) is 23.9 Å². The molecule has 2 N–H and O–H groups in total. The molecule has 6 rings (SSSR count). The zero-order chi connectivity index (χ0) is 31.3. The summed E-state index contributed by atoms with van der Waals surface area (Å²) in [5.74, 6) is -1.70. The van der Waals surface area contributed by atoms with Crippen molar-refractivity contribution in [2.24, 2.45) is 17.6 Å². The minimum atomic E-state index is -0.980. The Morgan fingerprint density at radius 1 is 1.14 bits per heavy atom. The first-order valence-electron chi connectivity index (χ1n) is 14.9. The van der Waals surface area contributed by atoms with Gasteiger partial charge >= 0.3 is 0 Å². The summed E-state index contributed by atoms with van der Waals surface area (Å²) in [7, 11) is 4.20. The Hall–Kier alpha value is -4.38. The van der Waals surface area contributed by atoms with E-state index in [9.17, 15) is 18.4 Å². The fourth-order valence-corrected chi connectivity index (χ4v) is 6.24. The van der Waals surface area contributed by atoms with Gasteiger partial charge in [0.25, 0.3) is 11.8 Å².